The lowest BCUT2D eigenvalue weighted by Gasteiger charge is -2.18. The SMILES string of the molecule is N#Cc1cc(NCC(F)(F)c2ncccc2O)nc(CC(=O)NCc2cc(Cl)ccc2Cl)c1O. The fraction of sp³-hybridized carbons (Fsp3) is 0.182. The first-order valence-electron chi connectivity index (χ1n) is 9.70. The van der Waals surface area contributed by atoms with Crippen LogP contribution in [0.4, 0.5) is 14.6 Å². The molecule has 2 aromatic heterocycles. The van der Waals surface area contributed by atoms with Crippen molar-refractivity contribution in [3.05, 3.63) is 75.2 Å². The standard InChI is InChI=1S/C22H17Cl2F2N5O3/c23-14-3-4-15(24)13(6-14)10-29-19(33)8-16-20(34)12(9-27)7-18(31-16)30-11-22(25,26)21-17(32)2-1-5-28-21/h1-7,32,34H,8,10-11H2,(H,29,33)(H,30,31). The molecule has 0 spiro atoms. The molecule has 1 aromatic carbocycles. The zero-order valence-corrected chi connectivity index (χ0v) is 18.8. The van der Waals surface area contributed by atoms with Crippen molar-refractivity contribution < 1.29 is 23.8 Å². The van der Waals surface area contributed by atoms with E-state index in [4.69, 9.17) is 23.2 Å². The molecule has 8 nitrogen and oxygen atoms in total. The van der Waals surface area contributed by atoms with E-state index in [1.807, 2.05) is 0 Å². The van der Waals surface area contributed by atoms with Crippen molar-refractivity contribution in [3.63, 3.8) is 0 Å². The third-order valence-electron chi connectivity index (χ3n) is 4.62. The smallest absolute Gasteiger partial charge is 0.310 e. The van der Waals surface area contributed by atoms with Crippen LogP contribution in [-0.4, -0.2) is 32.6 Å². The van der Waals surface area contributed by atoms with Gasteiger partial charge in [0, 0.05) is 28.9 Å². The summed E-state index contributed by atoms with van der Waals surface area (Å²) in [5, 5.41) is 34.9. The van der Waals surface area contributed by atoms with Gasteiger partial charge in [0.25, 0.3) is 0 Å². The molecule has 0 saturated heterocycles. The number of amides is 1. The number of alkyl halides is 2. The molecular weight excluding hydrogens is 491 g/mol. The van der Waals surface area contributed by atoms with Crippen molar-refractivity contribution >= 4 is 34.9 Å². The average Bonchev–Trinajstić information content (AvgIpc) is 2.80. The van der Waals surface area contributed by atoms with Crippen LogP contribution in [0, 0.1) is 11.3 Å². The molecule has 2 heterocycles. The van der Waals surface area contributed by atoms with Crippen molar-refractivity contribution in [2.24, 2.45) is 0 Å². The summed E-state index contributed by atoms with van der Waals surface area (Å²) in [7, 11) is 0. The van der Waals surface area contributed by atoms with E-state index < -0.39 is 42.0 Å². The number of carbonyl (C=O) groups excluding carboxylic acids is 1. The molecule has 0 aliphatic rings. The highest BCUT2D eigenvalue weighted by Crippen LogP contribution is 2.33. The molecule has 0 radical (unpaired) electrons. The number of nitrogens with zero attached hydrogens (tertiary/aromatic N) is 3. The minimum Gasteiger partial charge on any atom is -0.506 e. The molecule has 1 amide bonds. The Labute approximate surface area is 202 Å². The number of anilines is 1. The van der Waals surface area contributed by atoms with Gasteiger partial charge < -0.3 is 20.8 Å². The van der Waals surface area contributed by atoms with Gasteiger partial charge in [0.15, 0.2) is 11.4 Å². The number of pyridine rings is 2. The topological polar surface area (TPSA) is 131 Å². The minimum absolute atomic E-state index is 0.0435. The minimum atomic E-state index is -3.58. The predicted octanol–water partition coefficient (Wildman–Crippen LogP) is 4.13. The zero-order chi connectivity index (χ0) is 24.9. The first-order chi connectivity index (χ1) is 16.1. The maximum atomic E-state index is 14.5. The maximum Gasteiger partial charge on any atom is 0.310 e. The number of benzene rings is 1. The van der Waals surface area contributed by atoms with Crippen LogP contribution >= 0.6 is 23.2 Å². The highest BCUT2D eigenvalue weighted by molar-refractivity contribution is 6.33. The fourth-order valence-corrected chi connectivity index (χ4v) is 3.32. The number of aromatic nitrogens is 2. The molecule has 12 heteroatoms. The van der Waals surface area contributed by atoms with E-state index in [2.05, 4.69) is 20.6 Å². The third-order valence-corrected chi connectivity index (χ3v) is 5.23. The summed E-state index contributed by atoms with van der Waals surface area (Å²) in [5.41, 5.74) is -0.726. The number of hydrogen-bond acceptors (Lipinski definition) is 7. The third kappa shape index (κ3) is 6.01. The number of aromatic hydroxyl groups is 2. The number of carbonyl (C=O) groups is 1. The molecule has 0 atom stereocenters. The molecule has 4 N–H and O–H groups in total. The van der Waals surface area contributed by atoms with Crippen LogP contribution in [0.25, 0.3) is 0 Å². The van der Waals surface area contributed by atoms with Crippen LogP contribution in [0.3, 0.4) is 0 Å². The van der Waals surface area contributed by atoms with E-state index in [1.54, 1.807) is 24.3 Å². The summed E-state index contributed by atoms with van der Waals surface area (Å²) in [6.07, 6.45) is 0.675. The van der Waals surface area contributed by atoms with Gasteiger partial charge in [-0.3, -0.25) is 9.78 Å². The van der Waals surface area contributed by atoms with E-state index in [1.165, 1.54) is 6.07 Å². The average molecular weight is 508 g/mol. The Bertz CT molecular complexity index is 1270. The van der Waals surface area contributed by atoms with Crippen LogP contribution in [-0.2, 0) is 23.7 Å². The number of nitriles is 1. The molecule has 34 heavy (non-hydrogen) atoms. The lowest BCUT2D eigenvalue weighted by atomic mass is 10.1. The molecule has 0 saturated carbocycles. The Balaban J connectivity index is 1.73. The molecular formula is C22H17Cl2F2N5O3. The van der Waals surface area contributed by atoms with Crippen molar-refractivity contribution in [1.82, 2.24) is 15.3 Å². The van der Waals surface area contributed by atoms with E-state index in [0.717, 1.165) is 18.3 Å². The summed E-state index contributed by atoms with van der Waals surface area (Å²) >= 11 is 12.0. The number of nitrogens with one attached hydrogen (secondary N) is 2. The van der Waals surface area contributed by atoms with Gasteiger partial charge in [-0.05, 0) is 35.9 Å². The van der Waals surface area contributed by atoms with Crippen molar-refractivity contribution in [2.45, 2.75) is 18.9 Å². The Morgan fingerprint density at radius 3 is 2.68 bits per heavy atom. The second-order valence-corrected chi connectivity index (χ2v) is 7.92. The van der Waals surface area contributed by atoms with E-state index in [0.29, 0.717) is 15.6 Å². The molecule has 3 aromatic rings. The van der Waals surface area contributed by atoms with E-state index in [-0.39, 0.29) is 23.6 Å². The Kier molecular flexibility index (Phi) is 7.71. The molecule has 0 bridgehead atoms. The molecule has 0 fully saturated rings. The molecule has 0 aliphatic carbocycles. The largest absolute Gasteiger partial charge is 0.506 e. The maximum absolute atomic E-state index is 14.5. The van der Waals surface area contributed by atoms with Gasteiger partial charge >= 0.3 is 5.92 Å². The van der Waals surface area contributed by atoms with Gasteiger partial charge in [-0.1, -0.05) is 23.2 Å². The van der Waals surface area contributed by atoms with Crippen molar-refractivity contribution in [1.29, 1.82) is 5.26 Å². The number of hydrogen-bond donors (Lipinski definition) is 4. The van der Waals surface area contributed by atoms with Gasteiger partial charge in [0.05, 0.1) is 24.2 Å². The summed E-state index contributed by atoms with van der Waals surface area (Å²) in [6.45, 7) is -0.971. The van der Waals surface area contributed by atoms with Gasteiger partial charge in [0.2, 0.25) is 5.91 Å². The second kappa shape index (κ2) is 10.5. The highest BCUT2D eigenvalue weighted by Gasteiger charge is 2.36. The second-order valence-electron chi connectivity index (χ2n) is 7.08. The molecule has 3 rings (SSSR count). The van der Waals surface area contributed by atoms with Crippen LogP contribution in [0.1, 0.15) is 22.5 Å². The van der Waals surface area contributed by atoms with E-state index >= 15 is 0 Å². The lowest BCUT2D eigenvalue weighted by Crippen LogP contribution is -2.27. The predicted molar refractivity (Wildman–Crippen MR) is 121 cm³/mol. The van der Waals surface area contributed by atoms with E-state index in [9.17, 15) is 29.1 Å². The quantitative estimate of drug-likeness (QED) is 0.360. The van der Waals surface area contributed by atoms with Gasteiger partial charge in [0.1, 0.15) is 17.6 Å². The first-order valence-corrected chi connectivity index (χ1v) is 10.5. The summed E-state index contributed by atoms with van der Waals surface area (Å²) in [6, 6.07) is 9.93. The van der Waals surface area contributed by atoms with Crippen molar-refractivity contribution in [3.8, 4) is 17.6 Å². The van der Waals surface area contributed by atoms with Gasteiger partial charge in [-0.2, -0.15) is 14.0 Å². The van der Waals surface area contributed by atoms with Crippen LogP contribution in [0.5, 0.6) is 11.5 Å². The van der Waals surface area contributed by atoms with Crippen LogP contribution < -0.4 is 10.6 Å². The summed E-state index contributed by atoms with van der Waals surface area (Å²) < 4.78 is 29.0. The van der Waals surface area contributed by atoms with Crippen LogP contribution in [0.2, 0.25) is 10.0 Å². The van der Waals surface area contributed by atoms with Crippen molar-refractivity contribution in [2.75, 3.05) is 11.9 Å². The number of rotatable bonds is 8. The number of halogens is 4. The Morgan fingerprint density at radius 1 is 1.21 bits per heavy atom. The lowest BCUT2D eigenvalue weighted by molar-refractivity contribution is -0.120. The fourth-order valence-electron chi connectivity index (χ4n) is 2.94. The zero-order valence-electron chi connectivity index (χ0n) is 17.3. The summed E-state index contributed by atoms with van der Waals surface area (Å²) in [4.78, 5) is 19.9. The summed E-state index contributed by atoms with van der Waals surface area (Å²) in [5.74, 6) is -5.54. The first kappa shape index (κ1) is 25.0. The Morgan fingerprint density at radius 2 is 1.97 bits per heavy atom. The highest BCUT2D eigenvalue weighted by atomic mass is 35.5. The molecule has 0 aliphatic heterocycles. The van der Waals surface area contributed by atoms with Gasteiger partial charge in [-0.25, -0.2) is 4.98 Å². The van der Waals surface area contributed by atoms with Gasteiger partial charge in [-0.15, -0.1) is 0 Å². The van der Waals surface area contributed by atoms with Crippen LogP contribution in [0.15, 0.2) is 42.6 Å². The normalized spacial score (nSPS) is 11.0. The molecule has 0 unspecified atom stereocenters. The Hall–Kier alpha value is -3.68. The monoisotopic (exact) mass is 507 g/mol. The molecule has 176 valence electrons.